The second-order valence-corrected chi connectivity index (χ2v) is 3.57. The van der Waals surface area contributed by atoms with Crippen LogP contribution in [0.3, 0.4) is 0 Å². The van der Waals surface area contributed by atoms with Gasteiger partial charge in [-0.25, -0.2) is 14.3 Å². The highest BCUT2D eigenvalue weighted by Crippen LogP contribution is 2.24. The Morgan fingerprint density at radius 3 is 3.12 bits per heavy atom. The van der Waals surface area contributed by atoms with Gasteiger partial charge in [-0.05, 0) is 6.92 Å². The first-order chi connectivity index (χ1) is 8.24. The lowest BCUT2D eigenvalue weighted by Gasteiger charge is -2.09. The normalized spacial score (nSPS) is 22.9. The van der Waals surface area contributed by atoms with Gasteiger partial charge in [0, 0.05) is 6.20 Å². The van der Waals surface area contributed by atoms with E-state index in [2.05, 4.69) is 4.98 Å². The molecule has 0 unspecified atom stereocenters. The van der Waals surface area contributed by atoms with Gasteiger partial charge in [0.15, 0.2) is 0 Å². The fourth-order valence-corrected chi connectivity index (χ4v) is 1.56. The molecule has 17 heavy (non-hydrogen) atoms. The second kappa shape index (κ2) is 5.11. The molecule has 1 aromatic heterocycles. The number of hydrogen-bond acceptors (Lipinski definition) is 5. The average molecular weight is 238 g/mol. The zero-order valence-electron chi connectivity index (χ0n) is 9.44. The number of rotatable bonds is 3. The number of aromatic nitrogens is 2. The van der Waals surface area contributed by atoms with E-state index in [4.69, 9.17) is 14.6 Å². The first-order valence-corrected chi connectivity index (χ1v) is 5.40. The fraction of sp³-hybridized carbons (Fsp3) is 0.455. The summed E-state index contributed by atoms with van der Waals surface area (Å²) in [7, 11) is 0. The van der Waals surface area contributed by atoms with E-state index >= 15 is 0 Å². The molecule has 2 heterocycles. The summed E-state index contributed by atoms with van der Waals surface area (Å²) in [5.74, 6) is 0. The smallest absolute Gasteiger partial charge is 0.419 e. The Bertz CT molecular complexity index is 427. The molecule has 92 valence electrons. The summed E-state index contributed by atoms with van der Waals surface area (Å²) in [6.45, 7) is 1.99. The van der Waals surface area contributed by atoms with Crippen molar-refractivity contribution >= 4 is 6.09 Å². The first-order valence-electron chi connectivity index (χ1n) is 5.40. The largest absolute Gasteiger partial charge is 0.449 e. The van der Waals surface area contributed by atoms with Crippen molar-refractivity contribution in [2.75, 3.05) is 13.2 Å². The van der Waals surface area contributed by atoms with Gasteiger partial charge in [0.05, 0.1) is 18.9 Å². The van der Waals surface area contributed by atoms with E-state index in [1.54, 1.807) is 25.3 Å². The zero-order valence-corrected chi connectivity index (χ0v) is 9.44. The molecule has 6 nitrogen and oxygen atoms in total. The number of carbonyl (C=O) groups is 1. The highest BCUT2D eigenvalue weighted by Gasteiger charge is 2.22. The van der Waals surface area contributed by atoms with Gasteiger partial charge in [-0.2, -0.15) is 0 Å². The summed E-state index contributed by atoms with van der Waals surface area (Å²) in [6, 6.07) is 0. The molecule has 0 spiro atoms. The van der Waals surface area contributed by atoms with Gasteiger partial charge < -0.3 is 14.6 Å². The SMILES string of the molecule is CCOC(=O)n1cnc([C@H]2C=C[C@H](CO)O2)c1. The third kappa shape index (κ3) is 2.54. The van der Waals surface area contributed by atoms with E-state index in [1.807, 2.05) is 0 Å². The van der Waals surface area contributed by atoms with Gasteiger partial charge in [-0.1, -0.05) is 12.2 Å². The second-order valence-electron chi connectivity index (χ2n) is 3.57. The maximum absolute atomic E-state index is 11.4. The predicted molar refractivity (Wildman–Crippen MR) is 58.5 cm³/mol. The average Bonchev–Trinajstić information content (AvgIpc) is 2.98. The van der Waals surface area contributed by atoms with Crippen LogP contribution in [0.25, 0.3) is 0 Å². The van der Waals surface area contributed by atoms with Crippen LogP contribution in [0.15, 0.2) is 24.7 Å². The van der Waals surface area contributed by atoms with Crippen LogP contribution in [-0.2, 0) is 9.47 Å². The number of aliphatic hydroxyl groups excluding tert-OH is 1. The zero-order chi connectivity index (χ0) is 12.3. The minimum Gasteiger partial charge on any atom is -0.449 e. The Labute approximate surface area is 98.5 Å². The number of hydrogen-bond donors (Lipinski definition) is 1. The van der Waals surface area contributed by atoms with Crippen LogP contribution in [0, 0.1) is 0 Å². The summed E-state index contributed by atoms with van der Waals surface area (Å²) in [6.07, 6.45) is 5.44. The Kier molecular flexibility index (Phi) is 3.55. The van der Waals surface area contributed by atoms with Crippen LogP contribution in [0.2, 0.25) is 0 Å². The van der Waals surface area contributed by atoms with Crippen molar-refractivity contribution in [1.82, 2.24) is 9.55 Å². The molecular formula is C11H14N2O4. The fourth-order valence-electron chi connectivity index (χ4n) is 1.56. The molecule has 0 aromatic carbocycles. The molecule has 1 aliphatic rings. The van der Waals surface area contributed by atoms with Gasteiger partial charge in [-0.3, -0.25) is 0 Å². The van der Waals surface area contributed by atoms with E-state index in [0.29, 0.717) is 12.3 Å². The van der Waals surface area contributed by atoms with E-state index in [0.717, 1.165) is 0 Å². The maximum atomic E-state index is 11.4. The maximum Gasteiger partial charge on any atom is 0.419 e. The monoisotopic (exact) mass is 238 g/mol. The van der Waals surface area contributed by atoms with Gasteiger partial charge in [-0.15, -0.1) is 0 Å². The molecule has 0 radical (unpaired) electrons. The van der Waals surface area contributed by atoms with Crippen molar-refractivity contribution in [1.29, 1.82) is 0 Å². The Morgan fingerprint density at radius 2 is 2.47 bits per heavy atom. The molecule has 0 aliphatic carbocycles. The lowest BCUT2D eigenvalue weighted by Crippen LogP contribution is -2.12. The van der Waals surface area contributed by atoms with Crippen LogP contribution in [0.5, 0.6) is 0 Å². The highest BCUT2D eigenvalue weighted by molar-refractivity contribution is 5.70. The van der Waals surface area contributed by atoms with E-state index in [9.17, 15) is 4.79 Å². The van der Waals surface area contributed by atoms with Gasteiger partial charge >= 0.3 is 6.09 Å². The van der Waals surface area contributed by atoms with Crippen LogP contribution >= 0.6 is 0 Å². The van der Waals surface area contributed by atoms with Crippen LogP contribution in [0.1, 0.15) is 18.7 Å². The first kappa shape index (κ1) is 11.8. The molecule has 0 fully saturated rings. The number of carbonyl (C=O) groups excluding carboxylic acids is 1. The molecular weight excluding hydrogens is 224 g/mol. The van der Waals surface area contributed by atoms with Gasteiger partial charge in [0.25, 0.3) is 0 Å². The van der Waals surface area contributed by atoms with Gasteiger partial charge in [0.1, 0.15) is 18.5 Å². The molecule has 1 N–H and O–H groups in total. The van der Waals surface area contributed by atoms with E-state index < -0.39 is 6.09 Å². The van der Waals surface area contributed by atoms with Crippen LogP contribution in [0.4, 0.5) is 4.79 Å². The topological polar surface area (TPSA) is 73.6 Å². The summed E-state index contributed by atoms with van der Waals surface area (Å²) in [4.78, 5) is 15.5. The molecule has 2 atom stereocenters. The Balaban J connectivity index is 2.04. The minimum absolute atomic E-state index is 0.0639. The quantitative estimate of drug-likeness (QED) is 0.791. The summed E-state index contributed by atoms with van der Waals surface area (Å²) in [5.41, 5.74) is 0.616. The molecule has 0 saturated carbocycles. The van der Waals surface area contributed by atoms with Crippen LogP contribution in [-0.4, -0.2) is 40.1 Å². The van der Waals surface area contributed by atoms with Crippen molar-refractivity contribution in [3.8, 4) is 0 Å². The number of nitrogens with zero attached hydrogens (tertiary/aromatic N) is 2. The molecule has 0 saturated heterocycles. The highest BCUT2D eigenvalue weighted by atomic mass is 16.5. The molecule has 1 aliphatic heterocycles. The molecule has 6 heteroatoms. The van der Waals surface area contributed by atoms with Crippen molar-refractivity contribution in [2.45, 2.75) is 19.1 Å². The predicted octanol–water partition coefficient (Wildman–Crippen LogP) is 0.876. The van der Waals surface area contributed by atoms with Crippen molar-refractivity contribution in [3.05, 3.63) is 30.4 Å². The number of imidazole rings is 1. The van der Waals surface area contributed by atoms with Gasteiger partial charge in [0.2, 0.25) is 0 Å². The summed E-state index contributed by atoms with van der Waals surface area (Å²) >= 11 is 0. The van der Waals surface area contributed by atoms with Crippen molar-refractivity contribution in [2.24, 2.45) is 0 Å². The number of aliphatic hydroxyl groups is 1. The van der Waals surface area contributed by atoms with Crippen molar-refractivity contribution < 1.29 is 19.4 Å². The summed E-state index contributed by atoms with van der Waals surface area (Å²) in [5, 5.41) is 8.92. The van der Waals surface area contributed by atoms with E-state index in [-0.39, 0.29) is 18.8 Å². The molecule has 2 rings (SSSR count). The van der Waals surface area contributed by atoms with Crippen molar-refractivity contribution in [3.63, 3.8) is 0 Å². The Hall–Kier alpha value is -1.66. The third-order valence-electron chi connectivity index (χ3n) is 2.37. The molecule has 0 bridgehead atoms. The molecule has 0 amide bonds. The Morgan fingerprint density at radius 1 is 1.65 bits per heavy atom. The lowest BCUT2D eigenvalue weighted by molar-refractivity contribution is 0.0235. The standard InChI is InChI=1S/C11H14N2O4/c1-2-16-11(15)13-5-9(12-7-13)10-4-3-8(6-14)17-10/h3-5,7-8,10,14H,2,6H2,1H3/t8-,10-/m1/s1. The minimum atomic E-state index is -0.466. The molecule has 1 aromatic rings. The lowest BCUT2D eigenvalue weighted by atomic mass is 10.3. The third-order valence-corrected chi connectivity index (χ3v) is 2.37. The van der Waals surface area contributed by atoms with E-state index in [1.165, 1.54) is 10.9 Å². The van der Waals surface area contributed by atoms with Crippen LogP contribution < -0.4 is 0 Å². The number of ether oxygens (including phenoxy) is 2. The summed E-state index contributed by atoms with van der Waals surface area (Å²) < 4.78 is 11.6.